The topological polar surface area (TPSA) is 68.1 Å². The predicted octanol–water partition coefficient (Wildman–Crippen LogP) is 5.85. The van der Waals surface area contributed by atoms with E-state index in [1.54, 1.807) is 6.92 Å². The van der Waals surface area contributed by atoms with Crippen molar-refractivity contribution in [2.75, 3.05) is 13.1 Å². The molecular formula is C30H41ClN4O2. The van der Waals surface area contributed by atoms with E-state index in [1.807, 2.05) is 4.90 Å². The van der Waals surface area contributed by atoms with Crippen molar-refractivity contribution in [2.24, 2.45) is 11.3 Å². The summed E-state index contributed by atoms with van der Waals surface area (Å²) >= 11 is 0. The van der Waals surface area contributed by atoms with Crippen LogP contribution in [-0.2, 0) is 16.0 Å². The number of ketones is 1. The molecule has 1 amide bonds. The first kappa shape index (κ1) is 26.4. The highest BCUT2D eigenvalue weighted by atomic mass is 35.5. The maximum atomic E-state index is 13.7. The van der Waals surface area contributed by atoms with Gasteiger partial charge in [-0.25, -0.2) is 0 Å². The standard InChI is InChI=1S/C30H40N4O2.ClH/c1-19-7-8-22(20(2)13-19)14-27(36)25-17-33(21(3)35)18-26(25)29-32-31-28(34(29)24-9-10-24)23-15-30(16-23)11-5-4-6-12-30;/h7-8,13,23-26H,4-6,9-12,14-18H2,1-3H3;1H/t25-,26-;/m1./s1. The molecule has 6 rings (SSSR count). The average molecular weight is 525 g/mol. The summed E-state index contributed by atoms with van der Waals surface area (Å²) in [5, 5.41) is 9.57. The van der Waals surface area contributed by atoms with Crippen molar-refractivity contribution >= 4 is 24.1 Å². The number of aryl methyl sites for hydroxylation is 2. The van der Waals surface area contributed by atoms with Crippen LogP contribution >= 0.6 is 12.4 Å². The molecule has 37 heavy (non-hydrogen) atoms. The molecule has 2 aromatic rings. The zero-order valence-corrected chi connectivity index (χ0v) is 23.4. The summed E-state index contributed by atoms with van der Waals surface area (Å²) in [6.45, 7) is 6.83. The molecule has 1 saturated heterocycles. The molecule has 1 aromatic carbocycles. The number of carbonyl (C=O) groups excluding carboxylic acids is 2. The highest BCUT2D eigenvalue weighted by molar-refractivity contribution is 5.86. The number of rotatable bonds is 6. The summed E-state index contributed by atoms with van der Waals surface area (Å²) in [5.74, 6) is 2.57. The first-order valence-electron chi connectivity index (χ1n) is 14.1. The van der Waals surface area contributed by atoms with Gasteiger partial charge in [-0.1, -0.05) is 43.0 Å². The molecule has 0 radical (unpaired) electrons. The number of benzene rings is 1. The predicted molar refractivity (Wildman–Crippen MR) is 146 cm³/mol. The van der Waals surface area contributed by atoms with Crippen molar-refractivity contribution in [1.29, 1.82) is 0 Å². The molecule has 2 atom stereocenters. The number of Topliss-reactive ketones (excluding diaryl/α,β-unsaturated/α-hetero) is 1. The Labute approximate surface area is 227 Å². The normalized spacial score (nSPS) is 25.1. The second-order valence-corrected chi connectivity index (χ2v) is 12.4. The average Bonchev–Trinajstić information content (AvgIpc) is 3.41. The molecule has 3 aliphatic carbocycles. The van der Waals surface area contributed by atoms with Crippen LogP contribution in [0.25, 0.3) is 0 Å². The van der Waals surface area contributed by atoms with E-state index in [2.05, 4.69) is 36.6 Å². The maximum absolute atomic E-state index is 13.7. The van der Waals surface area contributed by atoms with Crippen molar-refractivity contribution in [3.05, 3.63) is 46.5 Å². The van der Waals surface area contributed by atoms with Gasteiger partial charge in [-0.3, -0.25) is 9.59 Å². The molecule has 3 saturated carbocycles. The maximum Gasteiger partial charge on any atom is 0.219 e. The monoisotopic (exact) mass is 524 g/mol. The molecule has 2 heterocycles. The Kier molecular flexibility index (Phi) is 7.25. The van der Waals surface area contributed by atoms with E-state index in [1.165, 1.54) is 63.4 Å². The zero-order chi connectivity index (χ0) is 25.0. The second kappa shape index (κ2) is 10.2. The van der Waals surface area contributed by atoms with E-state index >= 15 is 0 Å². The summed E-state index contributed by atoms with van der Waals surface area (Å²) in [6.07, 6.45) is 12.1. The van der Waals surface area contributed by atoms with Crippen LogP contribution in [0.5, 0.6) is 0 Å². The van der Waals surface area contributed by atoms with Gasteiger partial charge in [0.1, 0.15) is 17.4 Å². The number of aromatic nitrogens is 3. The summed E-state index contributed by atoms with van der Waals surface area (Å²) in [5.41, 5.74) is 4.00. The van der Waals surface area contributed by atoms with Crippen molar-refractivity contribution in [2.45, 2.75) is 103 Å². The molecule has 0 bridgehead atoms. The molecule has 4 fully saturated rings. The highest BCUT2D eigenvalue weighted by Crippen LogP contribution is 2.59. The Morgan fingerprint density at radius 1 is 1.00 bits per heavy atom. The molecule has 200 valence electrons. The van der Waals surface area contributed by atoms with Crippen LogP contribution < -0.4 is 0 Å². The van der Waals surface area contributed by atoms with Gasteiger partial charge in [-0.15, -0.1) is 22.6 Å². The van der Waals surface area contributed by atoms with Crippen LogP contribution in [0.2, 0.25) is 0 Å². The molecule has 6 nitrogen and oxygen atoms in total. The third-order valence-corrected chi connectivity index (χ3v) is 9.67. The van der Waals surface area contributed by atoms with Crippen LogP contribution in [0.1, 0.15) is 111 Å². The van der Waals surface area contributed by atoms with Crippen LogP contribution in [0.3, 0.4) is 0 Å². The van der Waals surface area contributed by atoms with Crippen LogP contribution in [0, 0.1) is 25.2 Å². The van der Waals surface area contributed by atoms with Crippen molar-refractivity contribution in [1.82, 2.24) is 19.7 Å². The minimum absolute atomic E-state index is 0. The highest BCUT2D eigenvalue weighted by Gasteiger charge is 2.49. The fourth-order valence-electron chi connectivity index (χ4n) is 7.44. The smallest absolute Gasteiger partial charge is 0.219 e. The number of likely N-dealkylation sites (tertiary alicyclic amines) is 1. The summed E-state index contributed by atoms with van der Waals surface area (Å²) in [6, 6.07) is 6.77. The lowest BCUT2D eigenvalue weighted by molar-refractivity contribution is -0.128. The van der Waals surface area contributed by atoms with Gasteiger partial charge in [-0.05, 0) is 68.9 Å². The Morgan fingerprint density at radius 3 is 2.35 bits per heavy atom. The van der Waals surface area contributed by atoms with Crippen LogP contribution in [-0.4, -0.2) is 44.4 Å². The molecule has 1 spiro atoms. The first-order valence-corrected chi connectivity index (χ1v) is 14.1. The molecule has 1 aromatic heterocycles. The Hall–Kier alpha value is -2.21. The van der Waals surface area contributed by atoms with Crippen molar-refractivity contribution < 1.29 is 9.59 Å². The Balaban J connectivity index is 0.00000280. The molecule has 0 N–H and O–H groups in total. The van der Waals surface area contributed by atoms with Gasteiger partial charge in [-0.2, -0.15) is 0 Å². The van der Waals surface area contributed by atoms with Crippen LogP contribution in [0.4, 0.5) is 0 Å². The summed E-state index contributed by atoms with van der Waals surface area (Å²) < 4.78 is 2.42. The van der Waals surface area contributed by atoms with Crippen LogP contribution in [0.15, 0.2) is 18.2 Å². The molecule has 4 aliphatic rings. The van der Waals surface area contributed by atoms with Gasteiger partial charge >= 0.3 is 0 Å². The number of amides is 1. The van der Waals surface area contributed by atoms with Gasteiger partial charge in [0.15, 0.2) is 0 Å². The number of carbonyl (C=O) groups is 2. The summed E-state index contributed by atoms with van der Waals surface area (Å²) in [7, 11) is 0. The summed E-state index contributed by atoms with van der Waals surface area (Å²) in [4.78, 5) is 27.9. The molecular weight excluding hydrogens is 484 g/mol. The number of hydrogen-bond donors (Lipinski definition) is 0. The van der Waals surface area contributed by atoms with E-state index in [4.69, 9.17) is 10.2 Å². The number of nitrogens with zero attached hydrogens (tertiary/aromatic N) is 4. The zero-order valence-electron chi connectivity index (χ0n) is 22.5. The van der Waals surface area contributed by atoms with Gasteiger partial charge in [0, 0.05) is 50.2 Å². The fourth-order valence-corrected chi connectivity index (χ4v) is 7.44. The molecule has 0 unspecified atom stereocenters. The van der Waals surface area contributed by atoms with Crippen molar-refractivity contribution in [3.63, 3.8) is 0 Å². The first-order chi connectivity index (χ1) is 17.3. The minimum Gasteiger partial charge on any atom is -0.341 e. The number of hydrogen-bond acceptors (Lipinski definition) is 4. The van der Waals surface area contributed by atoms with E-state index in [-0.39, 0.29) is 35.9 Å². The lowest BCUT2D eigenvalue weighted by Gasteiger charge is -2.50. The Morgan fingerprint density at radius 2 is 1.70 bits per heavy atom. The lowest BCUT2D eigenvalue weighted by Crippen LogP contribution is -2.38. The van der Waals surface area contributed by atoms with Gasteiger partial charge in [0.25, 0.3) is 0 Å². The van der Waals surface area contributed by atoms with E-state index in [9.17, 15) is 9.59 Å². The quantitative estimate of drug-likeness (QED) is 0.475. The lowest BCUT2D eigenvalue weighted by atomic mass is 9.55. The van der Waals surface area contributed by atoms with Gasteiger partial charge < -0.3 is 9.47 Å². The third-order valence-electron chi connectivity index (χ3n) is 9.67. The second-order valence-electron chi connectivity index (χ2n) is 12.4. The van der Waals surface area contributed by atoms with E-state index in [0.29, 0.717) is 36.9 Å². The Bertz CT molecular complexity index is 1170. The molecule has 7 heteroatoms. The number of halogens is 1. The van der Waals surface area contributed by atoms with Crippen molar-refractivity contribution in [3.8, 4) is 0 Å². The fraction of sp³-hybridized carbons (Fsp3) is 0.667. The van der Waals surface area contributed by atoms with Gasteiger partial charge in [0.2, 0.25) is 5.91 Å². The third kappa shape index (κ3) is 4.98. The van der Waals surface area contributed by atoms with E-state index < -0.39 is 0 Å². The SMILES string of the molecule is CC(=O)N1C[C@@H](C(=O)Cc2ccc(C)cc2C)[C@H](c2nnc(C3CC4(CCCCC4)C3)n2C2CC2)C1.Cl. The largest absolute Gasteiger partial charge is 0.341 e. The van der Waals surface area contributed by atoms with Gasteiger partial charge in [0.05, 0.1) is 0 Å². The minimum atomic E-state index is -0.227. The molecule has 1 aliphatic heterocycles. The van der Waals surface area contributed by atoms with E-state index in [0.717, 1.165) is 22.8 Å².